The lowest BCUT2D eigenvalue weighted by Crippen LogP contribution is -2.26. The van der Waals surface area contributed by atoms with Crippen LogP contribution in [0.15, 0.2) is 0 Å². The average molecular weight is 194 g/mol. The summed E-state index contributed by atoms with van der Waals surface area (Å²) in [7, 11) is 6.19. The lowest BCUT2D eigenvalue weighted by molar-refractivity contribution is 0.166. The molecule has 3 atom stereocenters. The maximum absolute atomic E-state index is 9.00. The monoisotopic (exact) mass is 194 g/mol. The number of hydrogen-bond acceptors (Lipinski definition) is 1. The third-order valence-electron chi connectivity index (χ3n) is 3.74. The van der Waals surface area contributed by atoms with Crippen LogP contribution in [0.4, 0.5) is 0 Å². The molecule has 1 aliphatic rings. The molecule has 1 saturated carbocycles. The molecule has 0 aromatic heterocycles. The number of rotatable bonds is 4. The fourth-order valence-corrected chi connectivity index (χ4v) is 2.91. The van der Waals surface area contributed by atoms with Gasteiger partial charge in [-0.05, 0) is 18.3 Å². The average Bonchev–Trinajstić information content (AvgIpc) is 2.12. The molecule has 0 aromatic carbocycles. The van der Waals surface area contributed by atoms with E-state index in [4.69, 9.17) is 13.0 Å². The van der Waals surface area contributed by atoms with Crippen molar-refractivity contribution in [1.82, 2.24) is 0 Å². The third-order valence-corrected chi connectivity index (χ3v) is 3.74. The summed E-state index contributed by atoms with van der Waals surface area (Å²) in [6.07, 6.45) is 7.02. The summed E-state index contributed by atoms with van der Waals surface area (Å²) in [5.41, 5.74) is 0. The first-order valence-electron chi connectivity index (χ1n) is 5.99. The van der Waals surface area contributed by atoms with Gasteiger partial charge in [0.1, 0.15) is 0 Å². The zero-order chi connectivity index (χ0) is 10.6. The normalized spacial score (nSPS) is 35.5. The van der Waals surface area contributed by atoms with Crippen LogP contribution in [0.5, 0.6) is 0 Å². The van der Waals surface area contributed by atoms with Crippen LogP contribution in [0, 0.1) is 11.8 Å². The summed E-state index contributed by atoms with van der Waals surface area (Å²) < 4.78 is 0. The van der Waals surface area contributed by atoms with Crippen molar-refractivity contribution < 1.29 is 5.11 Å². The van der Waals surface area contributed by atoms with Gasteiger partial charge in [0.05, 0.1) is 7.85 Å². The minimum Gasteiger partial charge on any atom is -0.396 e. The highest BCUT2D eigenvalue weighted by molar-refractivity contribution is 6.14. The lowest BCUT2D eigenvalue weighted by Gasteiger charge is -2.39. The predicted molar refractivity (Wildman–Crippen MR) is 61.6 cm³/mol. The van der Waals surface area contributed by atoms with Gasteiger partial charge in [0.15, 0.2) is 0 Å². The summed E-state index contributed by atoms with van der Waals surface area (Å²) in [6.45, 7) is 4.73. The molecule has 1 fully saturated rings. The summed E-state index contributed by atoms with van der Waals surface area (Å²) in [6, 6.07) is 0. The van der Waals surface area contributed by atoms with Gasteiger partial charge in [-0.1, -0.05) is 51.3 Å². The molecule has 80 valence electrons. The Bertz CT molecular complexity index is 168. The summed E-state index contributed by atoms with van der Waals surface area (Å²) in [5.74, 6) is 1.43. The van der Waals surface area contributed by atoms with E-state index in [1.807, 2.05) is 0 Å². The van der Waals surface area contributed by atoms with Crippen LogP contribution < -0.4 is 0 Å². The van der Waals surface area contributed by atoms with E-state index >= 15 is 0 Å². The van der Waals surface area contributed by atoms with Crippen molar-refractivity contribution in [3.63, 3.8) is 0 Å². The van der Waals surface area contributed by atoms with Gasteiger partial charge in [-0.25, -0.2) is 0 Å². The standard InChI is InChI=1S/C12H23BO/c1-3-10(6-8-14)11-5-4-7-12(2,13)9-11/h10-11,14H,3-9H2,1-2H3. The maximum Gasteiger partial charge on any atom is 0.0742 e. The van der Waals surface area contributed by atoms with E-state index in [9.17, 15) is 0 Å². The van der Waals surface area contributed by atoms with Crippen molar-refractivity contribution in [2.24, 2.45) is 11.8 Å². The van der Waals surface area contributed by atoms with Crippen molar-refractivity contribution in [2.45, 2.75) is 57.7 Å². The Morgan fingerprint density at radius 3 is 2.79 bits per heavy atom. The molecule has 1 aliphatic carbocycles. The first-order valence-corrected chi connectivity index (χ1v) is 5.99. The van der Waals surface area contributed by atoms with Gasteiger partial charge >= 0.3 is 0 Å². The van der Waals surface area contributed by atoms with Crippen LogP contribution in [0.1, 0.15) is 52.4 Å². The van der Waals surface area contributed by atoms with Crippen LogP contribution in [-0.2, 0) is 0 Å². The second-order valence-corrected chi connectivity index (χ2v) is 5.19. The second-order valence-electron chi connectivity index (χ2n) is 5.19. The summed E-state index contributed by atoms with van der Waals surface area (Å²) >= 11 is 0. The summed E-state index contributed by atoms with van der Waals surface area (Å²) in [5, 5.41) is 9.04. The predicted octanol–water partition coefficient (Wildman–Crippen LogP) is 2.93. The van der Waals surface area contributed by atoms with E-state index in [1.165, 1.54) is 25.7 Å². The molecule has 0 heterocycles. The SMILES string of the molecule is [B]C1(C)CCCC(C(CC)CCO)C1. The molecule has 2 radical (unpaired) electrons. The molecular weight excluding hydrogens is 171 g/mol. The van der Waals surface area contributed by atoms with Crippen molar-refractivity contribution in [1.29, 1.82) is 0 Å². The highest BCUT2D eigenvalue weighted by Crippen LogP contribution is 2.45. The first-order chi connectivity index (χ1) is 6.59. The Morgan fingerprint density at radius 2 is 2.29 bits per heavy atom. The van der Waals surface area contributed by atoms with Crippen molar-refractivity contribution in [2.75, 3.05) is 6.61 Å². The minimum absolute atomic E-state index is 0.0474. The molecule has 1 rings (SSSR count). The fraction of sp³-hybridized carbons (Fsp3) is 1.00. The molecule has 1 nitrogen and oxygen atoms in total. The maximum atomic E-state index is 9.00. The van der Waals surface area contributed by atoms with Gasteiger partial charge in [-0.3, -0.25) is 0 Å². The minimum atomic E-state index is 0.0474. The Kier molecular flexibility index (Phi) is 4.50. The van der Waals surface area contributed by atoms with Gasteiger partial charge in [0, 0.05) is 6.61 Å². The van der Waals surface area contributed by atoms with Crippen LogP contribution >= 0.6 is 0 Å². The highest BCUT2D eigenvalue weighted by Gasteiger charge is 2.31. The molecule has 1 N–H and O–H groups in total. The Morgan fingerprint density at radius 1 is 1.57 bits per heavy atom. The molecule has 0 aliphatic heterocycles. The zero-order valence-electron chi connectivity index (χ0n) is 9.63. The van der Waals surface area contributed by atoms with E-state index in [-0.39, 0.29) is 5.31 Å². The fourth-order valence-electron chi connectivity index (χ4n) is 2.91. The molecule has 0 saturated heterocycles. The van der Waals surface area contributed by atoms with Gasteiger partial charge < -0.3 is 5.11 Å². The van der Waals surface area contributed by atoms with Crippen molar-refractivity contribution in [3.05, 3.63) is 0 Å². The molecule has 3 unspecified atom stereocenters. The first kappa shape index (κ1) is 12.1. The number of aliphatic hydroxyl groups is 1. The van der Waals surface area contributed by atoms with Crippen LogP contribution in [0.3, 0.4) is 0 Å². The number of aliphatic hydroxyl groups excluding tert-OH is 1. The zero-order valence-corrected chi connectivity index (χ0v) is 9.63. The molecule has 0 aromatic rings. The van der Waals surface area contributed by atoms with Gasteiger partial charge in [0.25, 0.3) is 0 Å². The summed E-state index contributed by atoms with van der Waals surface area (Å²) in [4.78, 5) is 0. The largest absolute Gasteiger partial charge is 0.396 e. The van der Waals surface area contributed by atoms with Crippen molar-refractivity contribution >= 4 is 7.85 Å². The quantitative estimate of drug-likeness (QED) is 0.682. The van der Waals surface area contributed by atoms with E-state index in [0.29, 0.717) is 12.5 Å². The van der Waals surface area contributed by atoms with E-state index in [0.717, 1.165) is 18.8 Å². The molecular formula is C12H23BO. The molecule has 0 spiro atoms. The van der Waals surface area contributed by atoms with E-state index < -0.39 is 0 Å². The van der Waals surface area contributed by atoms with Crippen molar-refractivity contribution in [3.8, 4) is 0 Å². The molecule has 0 bridgehead atoms. The highest BCUT2D eigenvalue weighted by atomic mass is 16.3. The van der Waals surface area contributed by atoms with Gasteiger partial charge in [0.2, 0.25) is 0 Å². The van der Waals surface area contributed by atoms with Crippen LogP contribution in [-0.4, -0.2) is 19.6 Å². The Hall–Kier alpha value is 0.0249. The number of hydrogen-bond donors (Lipinski definition) is 1. The van der Waals surface area contributed by atoms with Crippen LogP contribution in [0.25, 0.3) is 0 Å². The molecule has 14 heavy (non-hydrogen) atoms. The topological polar surface area (TPSA) is 20.2 Å². The third kappa shape index (κ3) is 3.31. The molecule has 2 heteroatoms. The Balaban J connectivity index is 2.49. The van der Waals surface area contributed by atoms with Crippen LogP contribution in [0.2, 0.25) is 5.31 Å². The van der Waals surface area contributed by atoms with Gasteiger partial charge in [-0.2, -0.15) is 0 Å². The molecule has 0 amide bonds. The smallest absolute Gasteiger partial charge is 0.0742 e. The Labute approximate surface area is 89.7 Å². The van der Waals surface area contributed by atoms with E-state index in [1.54, 1.807) is 0 Å². The van der Waals surface area contributed by atoms with Gasteiger partial charge in [-0.15, -0.1) is 0 Å². The lowest BCUT2D eigenvalue weighted by atomic mass is 9.57. The van der Waals surface area contributed by atoms with E-state index in [2.05, 4.69) is 13.8 Å². The second kappa shape index (κ2) is 5.20.